The minimum Gasteiger partial charge on any atom is -0.492 e. The summed E-state index contributed by atoms with van der Waals surface area (Å²) in [4.78, 5) is 0.144. The number of aliphatic hydroxyl groups excluding tert-OH is 1. The van der Waals surface area contributed by atoms with E-state index < -0.39 is 10.0 Å². The summed E-state index contributed by atoms with van der Waals surface area (Å²) in [6.45, 7) is 6.05. The van der Waals surface area contributed by atoms with E-state index in [-0.39, 0.29) is 24.1 Å². The van der Waals surface area contributed by atoms with Crippen molar-refractivity contribution >= 4 is 26.0 Å². The van der Waals surface area contributed by atoms with E-state index in [4.69, 9.17) is 9.84 Å². The first kappa shape index (κ1) is 18.4. The normalized spacial score (nSPS) is 12.1. The van der Waals surface area contributed by atoms with Crippen molar-refractivity contribution in [1.82, 2.24) is 4.31 Å². The summed E-state index contributed by atoms with van der Waals surface area (Å²) < 4.78 is 33.2. The molecule has 1 aromatic rings. The summed E-state index contributed by atoms with van der Waals surface area (Å²) in [6.07, 6.45) is 0.398. The first-order chi connectivity index (χ1) is 9.84. The molecule has 0 amide bonds. The third kappa shape index (κ3) is 4.67. The Hall–Kier alpha value is -0.630. The van der Waals surface area contributed by atoms with Gasteiger partial charge in [-0.05, 0) is 45.4 Å². The number of sulfonamides is 1. The Morgan fingerprint density at radius 3 is 2.57 bits per heavy atom. The first-order valence-electron chi connectivity index (χ1n) is 6.89. The lowest BCUT2D eigenvalue weighted by molar-refractivity contribution is 0.257. The van der Waals surface area contributed by atoms with E-state index >= 15 is 0 Å². The highest BCUT2D eigenvalue weighted by Crippen LogP contribution is 2.31. The van der Waals surface area contributed by atoms with E-state index in [2.05, 4.69) is 15.9 Å². The Morgan fingerprint density at radius 2 is 2.05 bits per heavy atom. The average molecular weight is 380 g/mol. The van der Waals surface area contributed by atoms with Crippen molar-refractivity contribution in [2.75, 3.05) is 19.8 Å². The maximum absolute atomic E-state index is 12.9. The van der Waals surface area contributed by atoms with Crippen molar-refractivity contribution in [2.45, 2.75) is 38.1 Å². The van der Waals surface area contributed by atoms with Crippen LogP contribution in [0.5, 0.6) is 5.75 Å². The highest BCUT2D eigenvalue weighted by Gasteiger charge is 2.29. The van der Waals surface area contributed by atoms with Crippen LogP contribution in [0.25, 0.3) is 0 Å². The van der Waals surface area contributed by atoms with Crippen molar-refractivity contribution in [3.05, 3.63) is 22.7 Å². The van der Waals surface area contributed by atoms with Crippen molar-refractivity contribution in [3.8, 4) is 5.75 Å². The second-order valence-electron chi connectivity index (χ2n) is 4.81. The van der Waals surface area contributed by atoms with Gasteiger partial charge in [0.15, 0.2) is 0 Å². The molecule has 0 saturated heterocycles. The van der Waals surface area contributed by atoms with Crippen molar-refractivity contribution in [3.63, 3.8) is 0 Å². The Balaban J connectivity index is 3.29. The fourth-order valence-electron chi connectivity index (χ4n) is 1.97. The maximum Gasteiger partial charge on any atom is 0.247 e. The predicted molar refractivity (Wildman–Crippen MR) is 86.0 cm³/mol. The van der Waals surface area contributed by atoms with Gasteiger partial charge in [-0.25, -0.2) is 8.42 Å². The quantitative estimate of drug-likeness (QED) is 0.753. The summed E-state index contributed by atoms with van der Waals surface area (Å²) in [5, 5.41) is 8.96. The van der Waals surface area contributed by atoms with E-state index in [1.54, 1.807) is 18.2 Å². The molecule has 0 atom stereocenters. The van der Waals surface area contributed by atoms with Crippen LogP contribution in [0.1, 0.15) is 27.2 Å². The molecular formula is C14H22BrNO4S. The van der Waals surface area contributed by atoms with Gasteiger partial charge < -0.3 is 9.84 Å². The molecule has 7 heteroatoms. The van der Waals surface area contributed by atoms with Crippen LogP contribution in [-0.4, -0.2) is 43.6 Å². The number of benzene rings is 1. The third-order valence-corrected chi connectivity index (χ3v) is 5.49. The molecule has 5 nitrogen and oxygen atoms in total. The fourth-order valence-corrected chi connectivity index (χ4v) is 4.31. The zero-order valence-corrected chi connectivity index (χ0v) is 14.9. The summed E-state index contributed by atoms with van der Waals surface area (Å²) in [6, 6.07) is 4.74. The van der Waals surface area contributed by atoms with E-state index in [9.17, 15) is 8.42 Å². The highest BCUT2D eigenvalue weighted by atomic mass is 79.9. The van der Waals surface area contributed by atoms with Gasteiger partial charge in [0.1, 0.15) is 10.6 Å². The fraction of sp³-hybridized carbons (Fsp3) is 0.571. The Labute approximate surface area is 135 Å². The molecule has 0 bridgehead atoms. The molecule has 0 spiro atoms. The minimum atomic E-state index is -3.68. The standard InChI is InChI=1S/C14H22BrNO4S/c1-4-20-13-7-6-12(15)10-14(13)21(18,19)16(11(2)3)8-5-9-17/h6-7,10-11,17H,4-5,8-9H2,1-3H3. The van der Waals surface area contributed by atoms with E-state index in [0.29, 0.717) is 23.2 Å². The maximum atomic E-state index is 12.9. The lowest BCUT2D eigenvalue weighted by atomic mass is 10.3. The molecule has 1 N–H and O–H groups in total. The number of hydrogen-bond acceptors (Lipinski definition) is 4. The van der Waals surface area contributed by atoms with Crippen LogP contribution in [-0.2, 0) is 10.0 Å². The Morgan fingerprint density at radius 1 is 1.38 bits per heavy atom. The monoisotopic (exact) mass is 379 g/mol. The first-order valence-corrected chi connectivity index (χ1v) is 9.13. The van der Waals surface area contributed by atoms with Crippen LogP contribution < -0.4 is 4.74 Å². The van der Waals surface area contributed by atoms with Crippen LogP contribution >= 0.6 is 15.9 Å². The van der Waals surface area contributed by atoms with Crippen molar-refractivity contribution in [2.24, 2.45) is 0 Å². The lowest BCUT2D eigenvalue weighted by Gasteiger charge is -2.26. The molecule has 0 aliphatic carbocycles. The Bertz CT molecular complexity index is 560. The van der Waals surface area contributed by atoms with Gasteiger partial charge in [-0.15, -0.1) is 0 Å². The zero-order valence-electron chi connectivity index (χ0n) is 12.5. The van der Waals surface area contributed by atoms with Crippen molar-refractivity contribution < 1.29 is 18.3 Å². The second kappa shape index (κ2) is 8.12. The summed E-state index contributed by atoms with van der Waals surface area (Å²) >= 11 is 3.30. The number of aliphatic hydroxyl groups is 1. The molecule has 0 radical (unpaired) electrons. The van der Waals surface area contributed by atoms with Crippen LogP contribution in [0.2, 0.25) is 0 Å². The molecule has 0 saturated carbocycles. The highest BCUT2D eigenvalue weighted by molar-refractivity contribution is 9.10. The summed E-state index contributed by atoms with van der Waals surface area (Å²) in [5.74, 6) is 0.343. The van der Waals surface area contributed by atoms with E-state index in [0.717, 1.165) is 0 Å². The largest absolute Gasteiger partial charge is 0.492 e. The molecular weight excluding hydrogens is 358 g/mol. The number of ether oxygens (including phenoxy) is 1. The van der Waals surface area contributed by atoms with Crippen LogP contribution in [0.4, 0.5) is 0 Å². The van der Waals surface area contributed by atoms with Gasteiger partial charge in [0.05, 0.1) is 6.61 Å². The summed E-state index contributed by atoms with van der Waals surface area (Å²) in [7, 11) is -3.68. The van der Waals surface area contributed by atoms with Crippen LogP contribution in [0, 0.1) is 0 Å². The van der Waals surface area contributed by atoms with Gasteiger partial charge in [0.2, 0.25) is 10.0 Å². The second-order valence-corrected chi connectivity index (χ2v) is 7.59. The number of nitrogens with zero attached hydrogens (tertiary/aromatic N) is 1. The van der Waals surface area contributed by atoms with E-state index in [1.807, 2.05) is 20.8 Å². The molecule has 0 fully saturated rings. The Kier molecular flexibility index (Phi) is 7.12. The molecule has 1 aromatic carbocycles. The van der Waals surface area contributed by atoms with Gasteiger partial charge in [-0.1, -0.05) is 15.9 Å². The lowest BCUT2D eigenvalue weighted by Crippen LogP contribution is -2.38. The molecule has 0 heterocycles. The molecule has 21 heavy (non-hydrogen) atoms. The zero-order chi connectivity index (χ0) is 16.0. The average Bonchev–Trinajstić information content (AvgIpc) is 2.40. The molecule has 0 aliphatic heterocycles. The third-order valence-electron chi connectivity index (χ3n) is 2.90. The van der Waals surface area contributed by atoms with Gasteiger partial charge in [-0.2, -0.15) is 4.31 Å². The van der Waals surface area contributed by atoms with Gasteiger partial charge in [0, 0.05) is 23.7 Å². The van der Waals surface area contributed by atoms with Gasteiger partial charge in [0.25, 0.3) is 0 Å². The van der Waals surface area contributed by atoms with Crippen LogP contribution in [0.15, 0.2) is 27.6 Å². The molecule has 120 valence electrons. The molecule has 0 unspecified atom stereocenters. The SMILES string of the molecule is CCOc1ccc(Br)cc1S(=O)(=O)N(CCCO)C(C)C. The molecule has 0 aliphatic rings. The molecule has 1 rings (SSSR count). The van der Waals surface area contributed by atoms with Crippen LogP contribution in [0.3, 0.4) is 0 Å². The van der Waals surface area contributed by atoms with Crippen molar-refractivity contribution in [1.29, 1.82) is 0 Å². The number of hydrogen-bond donors (Lipinski definition) is 1. The van der Waals surface area contributed by atoms with Gasteiger partial charge >= 0.3 is 0 Å². The topological polar surface area (TPSA) is 66.8 Å². The minimum absolute atomic E-state index is 0.0461. The van der Waals surface area contributed by atoms with Gasteiger partial charge in [-0.3, -0.25) is 0 Å². The molecule has 0 aromatic heterocycles. The number of halogens is 1. The number of rotatable bonds is 8. The predicted octanol–water partition coefficient (Wildman–Crippen LogP) is 2.63. The van der Waals surface area contributed by atoms with E-state index in [1.165, 1.54) is 4.31 Å². The summed E-state index contributed by atoms with van der Waals surface area (Å²) in [5.41, 5.74) is 0. The smallest absolute Gasteiger partial charge is 0.247 e.